The predicted octanol–water partition coefficient (Wildman–Crippen LogP) is 0.688. The fourth-order valence-electron chi connectivity index (χ4n) is 3.06. The van der Waals surface area contributed by atoms with Crippen molar-refractivity contribution in [1.82, 2.24) is 25.1 Å². The van der Waals surface area contributed by atoms with Gasteiger partial charge in [0.15, 0.2) is 11.5 Å². The number of amides is 2. The lowest BCUT2D eigenvalue weighted by atomic mass is 10.2. The fourth-order valence-corrected chi connectivity index (χ4v) is 3.06. The fraction of sp³-hybridized carbons (Fsp3) is 0.353. The van der Waals surface area contributed by atoms with E-state index in [1.807, 2.05) is 0 Å². The van der Waals surface area contributed by atoms with Gasteiger partial charge in [0.2, 0.25) is 5.91 Å². The van der Waals surface area contributed by atoms with Crippen LogP contribution in [-0.4, -0.2) is 43.6 Å². The summed E-state index contributed by atoms with van der Waals surface area (Å²) in [4.78, 5) is 31.6. The number of carbonyl (C=O) groups excluding carboxylic acids is 2. The summed E-state index contributed by atoms with van der Waals surface area (Å²) in [6, 6.07) is 0.235. The standard InChI is InChI=1S/C17H22N8O2/c1-3-14(26)22-11-5-4-10(6-11)21-13-8-19-15(16(18)27)17(24-13)23-12-7-20-25(2)9-12/h3,7-11H,1,4-6H2,2H3,(H2,18,27)(H,22,26)(H2,21,23,24)/t10-,11?/m1/s1. The van der Waals surface area contributed by atoms with Gasteiger partial charge in [0.05, 0.1) is 18.1 Å². The van der Waals surface area contributed by atoms with Gasteiger partial charge in [0.1, 0.15) is 5.82 Å². The Morgan fingerprint density at radius 1 is 1.33 bits per heavy atom. The molecule has 2 heterocycles. The van der Waals surface area contributed by atoms with Crippen molar-refractivity contribution in [2.75, 3.05) is 10.6 Å². The highest BCUT2D eigenvalue weighted by Gasteiger charge is 2.26. The van der Waals surface area contributed by atoms with Crippen molar-refractivity contribution in [3.8, 4) is 0 Å². The molecule has 0 aromatic carbocycles. The van der Waals surface area contributed by atoms with Crippen molar-refractivity contribution >= 4 is 29.1 Å². The molecular formula is C17H22N8O2. The predicted molar refractivity (Wildman–Crippen MR) is 100 cm³/mol. The minimum Gasteiger partial charge on any atom is -0.366 e. The van der Waals surface area contributed by atoms with Crippen LogP contribution in [0.2, 0.25) is 0 Å². The Kier molecular flexibility index (Phi) is 5.34. The zero-order valence-electron chi connectivity index (χ0n) is 15.0. The zero-order chi connectivity index (χ0) is 19.4. The second-order valence-electron chi connectivity index (χ2n) is 6.41. The smallest absolute Gasteiger partial charge is 0.271 e. The molecule has 0 saturated heterocycles. The highest BCUT2D eigenvalue weighted by atomic mass is 16.2. The molecule has 0 radical (unpaired) electrons. The van der Waals surface area contributed by atoms with E-state index in [1.165, 1.54) is 12.3 Å². The second kappa shape index (κ2) is 7.85. The Morgan fingerprint density at radius 3 is 2.78 bits per heavy atom. The molecule has 5 N–H and O–H groups in total. The summed E-state index contributed by atoms with van der Waals surface area (Å²) < 4.78 is 1.62. The number of carbonyl (C=O) groups is 2. The highest BCUT2D eigenvalue weighted by molar-refractivity contribution is 5.96. The van der Waals surface area contributed by atoms with E-state index in [-0.39, 0.29) is 29.5 Å². The average Bonchev–Trinajstić information content (AvgIpc) is 3.23. The minimum absolute atomic E-state index is 0.0481. The first-order valence-electron chi connectivity index (χ1n) is 8.56. The molecule has 1 fully saturated rings. The van der Waals surface area contributed by atoms with Crippen LogP contribution in [0.3, 0.4) is 0 Å². The number of rotatable bonds is 7. The Labute approximate surface area is 156 Å². The summed E-state index contributed by atoms with van der Waals surface area (Å²) in [7, 11) is 1.78. The number of aromatic nitrogens is 4. The first kappa shape index (κ1) is 18.4. The van der Waals surface area contributed by atoms with Gasteiger partial charge in [-0.25, -0.2) is 9.97 Å². The first-order chi connectivity index (χ1) is 12.9. The molecule has 2 aromatic heterocycles. The van der Waals surface area contributed by atoms with Crippen molar-refractivity contribution in [2.45, 2.75) is 31.3 Å². The molecule has 0 spiro atoms. The maximum absolute atomic E-state index is 11.6. The van der Waals surface area contributed by atoms with Gasteiger partial charge in [-0.15, -0.1) is 0 Å². The summed E-state index contributed by atoms with van der Waals surface area (Å²) in [5.41, 5.74) is 6.11. The maximum atomic E-state index is 11.6. The molecule has 2 amide bonds. The third kappa shape index (κ3) is 4.60. The lowest BCUT2D eigenvalue weighted by molar-refractivity contribution is -0.117. The normalized spacial score (nSPS) is 18.7. The van der Waals surface area contributed by atoms with Crippen LogP contribution < -0.4 is 21.7 Å². The molecule has 1 aliphatic rings. The minimum atomic E-state index is -0.673. The van der Waals surface area contributed by atoms with Gasteiger partial charge < -0.3 is 21.7 Å². The van der Waals surface area contributed by atoms with Gasteiger partial charge in [0.25, 0.3) is 5.91 Å². The van der Waals surface area contributed by atoms with Gasteiger partial charge in [-0.2, -0.15) is 5.10 Å². The van der Waals surface area contributed by atoms with E-state index in [1.54, 1.807) is 24.1 Å². The van der Waals surface area contributed by atoms with E-state index in [0.717, 1.165) is 19.3 Å². The molecule has 10 nitrogen and oxygen atoms in total. The van der Waals surface area contributed by atoms with Gasteiger partial charge >= 0.3 is 0 Å². The van der Waals surface area contributed by atoms with E-state index in [9.17, 15) is 9.59 Å². The first-order valence-corrected chi connectivity index (χ1v) is 8.56. The van der Waals surface area contributed by atoms with E-state index >= 15 is 0 Å². The monoisotopic (exact) mass is 370 g/mol. The molecule has 3 rings (SSSR count). The molecule has 1 aliphatic carbocycles. The zero-order valence-corrected chi connectivity index (χ0v) is 15.0. The number of nitrogens with two attached hydrogens (primary N) is 1. The Morgan fingerprint density at radius 2 is 2.11 bits per heavy atom. The lowest BCUT2D eigenvalue weighted by Gasteiger charge is -2.16. The van der Waals surface area contributed by atoms with Crippen LogP contribution in [0.4, 0.5) is 17.3 Å². The van der Waals surface area contributed by atoms with Crippen molar-refractivity contribution in [2.24, 2.45) is 12.8 Å². The number of nitrogens with zero attached hydrogens (tertiary/aromatic N) is 4. The number of aryl methyl sites for hydroxylation is 1. The van der Waals surface area contributed by atoms with Gasteiger partial charge in [-0.1, -0.05) is 6.58 Å². The van der Waals surface area contributed by atoms with Crippen molar-refractivity contribution in [1.29, 1.82) is 0 Å². The summed E-state index contributed by atoms with van der Waals surface area (Å²) in [5.74, 6) is -0.0650. The molecular weight excluding hydrogens is 348 g/mol. The molecule has 2 atom stereocenters. The van der Waals surface area contributed by atoms with Crippen LogP contribution in [0.1, 0.15) is 29.8 Å². The van der Waals surface area contributed by atoms with E-state index in [2.05, 4.69) is 37.6 Å². The summed E-state index contributed by atoms with van der Waals surface area (Å²) >= 11 is 0. The molecule has 10 heteroatoms. The van der Waals surface area contributed by atoms with Gasteiger partial charge in [-0.05, 0) is 25.3 Å². The number of hydrogen-bond acceptors (Lipinski definition) is 7. The van der Waals surface area contributed by atoms with Gasteiger partial charge in [0, 0.05) is 25.3 Å². The summed E-state index contributed by atoms with van der Waals surface area (Å²) in [6.45, 7) is 3.46. The summed E-state index contributed by atoms with van der Waals surface area (Å²) in [6.07, 6.45) is 8.61. The Bertz CT molecular complexity index is 862. The molecule has 0 bridgehead atoms. The number of nitrogens with one attached hydrogen (secondary N) is 3. The summed E-state index contributed by atoms with van der Waals surface area (Å²) in [5, 5.41) is 13.3. The molecule has 2 aromatic rings. The SMILES string of the molecule is C=CC(=O)NC1CC[C@@H](Nc2cnc(C(N)=O)c(Nc3cnn(C)c3)n2)C1. The Hall–Kier alpha value is -3.43. The van der Waals surface area contributed by atoms with E-state index < -0.39 is 5.91 Å². The largest absolute Gasteiger partial charge is 0.366 e. The highest BCUT2D eigenvalue weighted by Crippen LogP contribution is 2.24. The van der Waals surface area contributed by atoms with Crippen molar-refractivity contribution in [3.63, 3.8) is 0 Å². The maximum Gasteiger partial charge on any atom is 0.271 e. The molecule has 0 aliphatic heterocycles. The third-order valence-electron chi connectivity index (χ3n) is 4.29. The van der Waals surface area contributed by atoms with Crippen LogP contribution in [0.15, 0.2) is 31.2 Å². The molecule has 142 valence electrons. The topological polar surface area (TPSA) is 140 Å². The van der Waals surface area contributed by atoms with E-state index in [4.69, 9.17) is 5.73 Å². The van der Waals surface area contributed by atoms with Crippen LogP contribution in [0.25, 0.3) is 0 Å². The molecule has 27 heavy (non-hydrogen) atoms. The number of anilines is 3. The third-order valence-corrected chi connectivity index (χ3v) is 4.29. The second-order valence-corrected chi connectivity index (χ2v) is 6.41. The van der Waals surface area contributed by atoms with Crippen LogP contribution in [0.5, 0.6) is 0 Å². The van der Waals surface area contributed by atoms with E-state index in [0.29, 0.717) is 11.5 Å². The average molecular weight is 370 g/mol. The Balaban J connectivity index is 1.71. The lowest BCUT2D eigenvalue weighted by Crippen LogP contribution is -2.32. The number of hydrogen-bond donors (Lipinski definition) is 4. The number of primary amides is 1. The van der Waals surface area contributed by atoms with Gasteiger partial charge in [-0.3, -0.25) is 14.3 Å². The molecule has 1 saturated carbocycles. The molecule has 1 unspecified atom stereocenters. The van der Waals surface area contributed by atoms with Crippen LogP contribution >= 0.6 is 0 Å². The van der Waals surface area contributed by atoms with Crippen LogP contribution in [0, 0.1) is 0 Å². The quantitative estimate of drug-likeness (QED) is 0.526. The van der Waals surface area contributed by atoms with Crippen LogP contribution in [-0.2, 0) is 11.8 Å². The van der Waals surface area contributed by atoms with Crippen molar-refractivity contribution in [3.05, 3.63) is 36.9 Å². The van der Waals surface area contributed by atoms with Crippen molar-refractivity contribution < 1.29 is 9.59 Å².